The Bertz CT molecular complexity index is 951. The van der Waals surface area contributed by atoms with Crippen LogP contribution < -0.4 is 10.6 Å². The number of aliphatic imine (C=N–C) groups is 1. The molecule has 5 nitrogen and oxygen atoms in total. The van der Waals surface area contributed by atoms with E-state index in [0.717, 1.165) is 35.5 Å². The van der Waals surface area contributed by atoms with Crippen molar-refractivity contribution in [2.24, 2.45) is 4.99 Å². The minimum Gasteiger partial charge on any atom is -0.325 e. The van der Waals surface area contributed by atoms with Gasteiger partial charge in [-0.3, -0.25) is 14.6 Å². The Morgan fingerprint density at radius 2 is 1.93 bits per heavy atom. The molecule has 0 bridgehead atoms. The summed E-state index contributed by atoms with van der Waals surface area (Å²) < 4.78 is 38.5. The van der Waals surface area contributed by atoms with Gasteiger partial charge in [0.1, 0.15) is 5.25 Å². The Labute approximate surface area is 173 Å². The summed E-state index contributed by atoms with van der Waals surface area (Å²) in [5, 5.41) is 4.58. The maximum absolute atomic E-state index is 12.8. The monoisotopic (exact) mass is 441 g/mol. The predicted octanol–water partition coefficient (Wildman–Crippen LogP) is 4.48. The number of thioether (sulfide) groups is 1. The second-order valence-corrected chi connectivity index (χ2v) is 7.75. The number of amidine groups is 1. The molecule has 1 saturated heterocycles. The number of alkyl halides is 3. The average Bonchev–Trinajstić information content (AvgIpc) is 3.01. The van der Waals surface area contributed by atoms with E-state index in [2.05, 4.69) is 15.6 Å². The highest BCUT2D eigenvalue weighted by molar-refractivity contribution is 8.15. The van der Waals surface area contributed by atoms with Crippen LogP contribution in [-0.4, -0.2) is 22.2 Å². The minimum atomic E-state index is -4.56. The molecule has 2 aromatic rings. The van der Waals surface area contributed by atoms with Crippen LogP contribution >= 0.6 is 23.4 Å². The summed E-state index contributed by atoms with van der Waals surface area (Å²) in [5.41, 5.74) is -0.122. The molecule has 0 spiro atoms. The molecule has 0 aromatic heterocycles. The minimum absolute atomic E-state index is 0.0278. The first-order chi connectivity index (χ1) is 13.7. The van der Waals surface area contributed by atoms with Gasteiger partial charge in [0.05, 0.1) is 22.8 Å². The van der Waals surface area contributed by atoms with Crippen LogP contribution in [0.3, 0.4) is 0 Å². The van der Waals surface area contributed by atoms with Crippen LogP contribution in [0.15, 0.2) is 53.5 Å². The summed E-state index contributed by atoms with van der Waals surface area (Å²) in [6.07, 6.45) is -4.79. The van der Waals surface area contributed by atoms with Gasteiger partial charge in [0.25, 0.3) is 0 Å². The second kappa shape index (κ2) is 8.87. The first-order valence-electron chi connectivity index (χ1n) is 8.45. The van der Waals surface area contributed by atoms with E-state index in [1.165, 1.54) is 0 Å². The van der Waals surface area contributed by atoms with Crippen molar-refractivity contribution < 1.29 is 22.8 Å². The highest BCUT2D eigenvalue weighted by atomic mass is 35.5. The van der Waals surface area contributed by atoms with Crippen molar-refractivity contribution >= 4 is 46.0 Å². The maximum atomic E-state index is 12.8. The Balaban J connectivity index is 1.60. The molecule has 2 aromatic carbocycles. The molecule has 152 valence electrons. The van der Waals surface area contributed by atoms with E-state index in [-0.39, 0.29) is 23.0 Å². The van der Waals surface area contributed by atoms with Crippen molar-refractivity contribution in [2.75, 3.05) is 5.32 Å². The van der Waals surface area contributed by atoms with E-state index in [1.807, 2.05) is 30.3 Å². The number of amides is 2. The fourth-order valence-electron chi connectivity index (χ4n) is 2.53. The van der Waals surface area contributed by atoms with Gasteiger partial charge in [-0.25, -0.2) is 0 Å². The summed E-state index contributed by atoms with van der Waals surface area (Å²) in [4.78, 5) is 28.6. The largest absolute Gasteiger partial charge is 0.416 e. The molecule has 2 N–H and O–H groups in total. The van der Waals surface area contributed by atoms with Crippen molar-refractivity contribution in [3.05, 3.63) is 64.7 Å². The maximum Gasteiger partial charge on any atom is 0.416 e. The number of carbonyl (C=O) groups is 2. The van der Waals surface area contributed by atoms with Gasteiger partial charge < -0.3 is 10.6 Å². The molecule has 29 heavy (non-hydrogen) atoms. The molecular formula is C19H15ClF3N3O2S. The lowest BCUT2D eigenvalue weighted by atomic mass is 10.2. The standard InChI is InChI=1S/C19H15ClF3N3O2S/c20-13-7-6-12(19(21,22)23)8-14(13)25-16(27)9-15-17(28)26-18(29-15)24-10-11-4-2-1-3-5-11/h1-8,15H,9-10H2,(H,25,27)(H,24,26,28). The molecule has 2 amide bonds. The molecular weight excluding hydrogens is 427 g/mol. The summed E-state index contributed by atoms with van der Waals surface area (Å²) in [6, 6.07) is 12.1. The van der Waals surface area contributed by atoms with Gasteiger partial charge in [-0.15, -0.1) is 0 Å². The number of halogens is 4. The number of nitrogens with one attached hydrogen (secondary N) is 2. The van der Waals surface area contributed by atoms with Crippen LogP contribution in [0.25, 0.3) is 0 Å². The van der Waals surface area contributed by atoms with Gasteiger partial charge in [-0.1, -0.05) is 53.7 Å². The molecule has 1 aliphatic heterocycles. The highest BCUT2D eigenvalue weighted by Gasteiger charge is 2.33. The zero-order valence-electron chi connectivity index (χ0n) is 14.8. The Morgan fingerprint density at radius 3 is 2.62 bits per heavy atom. The smallest absolute Gasteiger partial charge is 0.325 e. The lowest BCUT2D eigenvalue weighted by Gasteiger charge is -2.12. The Hall–Kier alpha value is -2.52. The van der Waals surface area contributed by atoms with Crippen LogP contribution in [0, 0.1) is 0 Å². The highest BCUT2D eigenvalue weighted by Crippen LogP contribution is 2.34. The lowest BCUT2D eigenvalue weighted by Crippen LogP contribution is -2.28. The molecule has 1 aliphatic rings. The van der Waals surface area contributed by atoms with Gasteiger partial charge in [0.2, 0.25) is 11.8 Å². The van der Waals surface area contributed by atoms with Crippen LogP contribution in [0.5, 0.6) is 0 Å². The molecule has 3 rings (SSSR count). The summed E-state index contributed by atoms with van der Waals surface area (Å²) in [7, 11) is 0. The van der Waals surface area contributed by atoms with E-state index in [1.54, 1.807) is 0 Å². The summed E-state index contributed by atoms with van der Waals surface area (Å²) in [5.74, 6) is -1.00. The number of carbonyl (C=O) groups excluding carboxylic acids is 2. The van der Waals surface area contributed by atoms with E-state index in [0.29, 0.717) is 11.7 Å². The van der Waals surface area contributed by atoms with E-state index in [9.17, 15) is 22.8 Å². The van der Waals surface area contributed by atoms with Crippen LogP contribution in [-0.2, 0) is 22.3 Å². The van der Waals surface area contributed by atoms with Gasteiger partial charge in [0.15, 0.2) is 5.17 Å². The molecule has 0 aliphatic carbocycles. The van der Waals surface area contributed by atoms with Crippen LogP contribution in [0.2, 0.25) is 5.02 Å². The van der Waals surface area contributed by atoms with Crippen molar-refractivity contribution in [1.29, 1.82) is 0 Å². The number of rotatable bonds is 5. The van der Waals surface area contributed by atoms with Gasteiger partial charge in [-0.05, 0) is 23.8 Å². The van der Waals surface area contributed by atoms with Gasteiger partial charge in [0, 0.05) is 6.42 Å². The van der Waals surface area contributed by atoms with Crippen molar-refractivity contribution in [3.8, 4) is 0 Å². The van der Waals surface area contributed by atoms with E-state index in [4.69, 9.17) is 11.6 Å². The molecule has 1 fully saturated rings. The number of nitrogens with zero attached hydrogens (tertiary/aromatic N) is 1. The molecule has 1 heterocycles. The van der Waals surface area contributed by atoms with Crippen LogP contribution in [0.1, 0.15) is 17.5 Å². The van der Waals surface area contributed by atoms with Gasteiger partial charge in [-0.2, -0.15) is 13.2 Å². The SMILES string of the molecule is O=C(CC1SC(=NCc2ccccc2)NC1=O)Nc1cc(C(F)(F)F)ccc1Cl. The quantitative estimate of drug-likeness (QED) is 0.719. The zero-order chi connectivity index (χ0) is 21.0. The van der Waals surface area contributed by atoms with Crippen LogP contribution in [0.4, 0.5) is 18.9 Å². The Morgan fingerprint density at radius 1 is 1.21 bits per heavy atom. The first kappa shape index (κ1) is 21.2. The normalized spacial score (nSPS) is 18.0. The molecule has 0 radical (unpaired) electrons. The second-order valence-electron chi connectivity index (χ2n) is 6.15. The molecule has 1 atom stereocenters. The predicted molar refractivity (Wildman–Crippen MR) is 107 cm³/mol. The summed E-state index contributed by atoms with van der Waals surface area (Å²) >= 11 is 6.98. The molecule has 10 heteroatoms. The zero-order valence-corrected chi connectivity index (χ0v) is 16.4. The summed E-state index contributed by atoms with van der Waals surface area (Å²) in [6.45, 7) is 0.377. The molecule has 1 unspecified atom stereocenters. The van der Waals surface area contributed by atoms with Crippen molar-refractivity contribution in [3.63, 3.8) is 0 Å². The topological polar surface area (TPSA) is 70.6 Å². The number of hydrogen-bond acceptors (Lipinski definition) is 4. The fraction of sp³-hybridized carbons (Fsp3) is 0.211. The molecule has 0 saturated carbocycles. The first-order valence-corrected chi connectivity index (χ1v) is 9.70. The fourth-order valence-corrected chi connectivity index (χ4v) is 3.66. The third-order valence-corrected chi connectivity index (χ3v) is 5.41. The lowest BCUT2D eigenvalue weighted by molar-refractivity contribution is -0.137. The van der Waals surface area contributed by atoms with Gasteiger partial charge >= 0.3 is 6.18 Å². The third-order valence-electron chi connectivity index (χ3n) is 3.96. The Kier molecular flexibility index (Phi) is 6.49. The number of anilines is 1. The van der Waals surface area contributed by atoms with E-state index >= 15 is 0 Å². The number of benzene rings is 2. The third kappa shape index (κ3) is 5.74. The average molecular weight is 442 g/mol. The van der Waals surface area contributed by atoms with Crippen molar-refractivity contribution in [2.45, 2.75) is 24.4 Å². The van der Waals surface area contributed by atoms with E-state index < -0.39 is 22.9 Å². The van der Waals surface area contributed by atoms with Crippen molar-refractivity contribution in [1.82, 2.24) is 5.32 Å². The number of hydrogen-bond donors (Lipinski definition) is 2.